The van der Waals surface area contributed by atoms with Gasteiger partial charge in [0.05, 0.1) is 35.5 Å². The Morgan fingerprint density at radius 2 is 1.74 bits per heavy atom. The lowest BCUT2D eigenvalue weighted by atomic mass is 10.0. The standard InChI is InChI=1S/C32H33N7O4/c1-32(2,43)20-38-18-24(16-33-38)29-34-26-11-9-22(23-10-12-28(40)36(3)17-23)15-25(26)30(35-29)39-14-13-37(31(41)42)19-27(39)21-7-5-4-6-8-21/h4-12,15-18,27,43H,13-14,19-20H2,1-3H3,(H,41,42). The van der Waals surface area contributed by atoms with E-state index in [9.17, 15) is 19.8 Å². The fourth-order valence-electron chi connectivity index (χ4n) is 5.54. The van der Waals surface area contributed by atoms with Crippen molar-refractivity contribution in [3.63, 3.8) is 0 Å². The molecule has 0 radical (unpaired) electrons. The van der Waals surface area contributed by atoms with Crippen LogP contribution in [0.15, 0.2) is 84.0 Å². The molecule has 220 valence electrons. The third-order valence-electron chi connectivity index (χ3n) is 7.64. The molecule has 0 spiro atoms. The summed E-state index contributed by atoms with van der Waals surface area (Å²) in [6.45, 7) is 4.79. The molecule has 5 aromatic rings. The molecule has 0 bridgehead atoms. The first-order valence-corrected chi connectivity index (χ1v) is 14.1. The number of aromatic nitrogens is 5. The molecule has 1 fully saturated rings. The van der Waals surface area contributed by atoms with E-state index >= 15 is 0 Å². The molecule has 3 aromatic heterocycles. The van der Waals surface area contributed by atoms with Crippen LogP contribution in [0.1, 0.15) is 25.5 Å². The molecule has 2 aromatic carbocycles. The number of pyridine rings is 1. The molecule has 1 aliphatic heterocycles. The number of anilines is 1. The normalized spacial score (nSPS) is 15.7. The van der Waals surface area contributed by atoms with Crippen LogP contribution in [0.4, 0.5) is 10.6 Å². The Labute approximate surface area is 248 Å². The number of nitrogens with zero attached hydrogens (tertiary/aromatic N) is 7. The second-order valence-electron chi connectivity index (χ2n) is 11.6. The van der Waals surface area contributed by atoms with Gasteiger partial charge >= 0.3 is 6.09 Å². The van der Waals surface area contributed by atoms with Gasteiger partial charge in [0.15, 0.2) is 5.82 Å². The molecule has 1 saturated heterocycles. The van der Waals surface area contributed by atoms with Crippen LogP contribution < -0.4 is 10.5 Å². The summed E-state index contributed by atoms with van der Waals surface area (Å²) in [4.78, 5) is 37.7. The average Bonchev–Trinajstić information content (AvgIpc) is 3.45. The van der Waals surface area contributed by atoms with E-state index in [2.05, 4.69) is 10.00 Å². The lowest BCUT2D eigenvalue weighted by Gasteiger charge is -2.41. The largest absolute Gasteiger partial charge is 0.465 e. The van der Waals surface area contributed by atoms with Crippen LogP contribution in [0.25, 0.3) is 33.4 Å². The van der Waals surface area contributed by atoms with Crippen LogP contribution >= 0.6 is 0 Å². The molecule has 6 rings (SSSR count). The summed E-state index contributed by atoms with van der Waals surface area (Å²) >= 11 is 0. The summed E-state index contributed by atoms with van der Waals surface area (Å²) in [5.41, 5.74) is 3.15. The second-order valence-corrected chi connectivity index (χ2v) is 11.6. The van der Waals surface area contributed by atoms with E-state index in [-0.39, 0.29) is 18.1 Å². The van der Waals surface area contributed by atoms with Crippen LogP contribution in [-0.4, -0.2) is 70.8 Å². The Hall–Kier alpha value is -5.03. The van der Waals surface area contributed by atoms with Crippen LogP contribution in [0.2, 0.25) is 0 Å². The van der Waals surface area contributed by atoms with Crippen molar-refractivity contribution < 1.29 is 15.0 Å². The smallest absolute Gasteiger partial charge is 0.407 e. The quantitative estimate of drug-likeness (QED) is 0.307. The number of carboxylic acid groups (broad SMARTS) is 1. The van der Waals surface area contributed by atoms with Gasteiger partial charge in [0, 0.05) is 50.5 Å². The molecule has 0 saturated carbocycles. The third-order valence-corrected chi connectivity index (χ3v) is 7.64. The minimum absolute atomic E-state index is 0.0923. The molecule has 11 nitrogen and oxygen atoms in total. The molecule has 43 heavy (non-hydrogen) atoms. The Morgan fingerprint density at radius 3 is 2.47 bits per heavy atom. The average molecular weight is 580 g/mol. The van der Waals surface area contributed by atoms with Crippen LogP contribution in [0, 0.1) is 0 Å². The number of hydrogen-bond donors (Lipinski definition) is 2. The van der Waals surface area contributed by atoms with E-state index < -0.39 is 11.7 Å². The van der Waals surface area contributed by atoms with Crippen LogP contribution in [0.5, 0.6) is 0 Å². The summed E-state index contributed by atoms with van der Waals surface area (Å²) in [5.74, 6) is 1.16. The zero-order chi connectivity index (χ0) is 30.3. The second kappa shape index (κ2) is 11.0. The summed E-state index contributed by atoms with van der Waals surface area (Å²) in [7, 11) is 1.72. The SMILES string of the molecule is Cn1cc(-c2ccc3nc(-c4cnn(CC(C)(C)O)c4)nc(N4CCN(C(=O)O)CC4c4ccccc4)c3c2)ccc1=O. The highest BCUT2D eigenvalue weighted by atomic mass is 16.4. The van der Waals surface area contributed by atoms with Gasteiger partial charge in [-0.05, 0) is 48.7 Å². The summed E-state index contributed by atoms with van der Waals surface area (Å²) < 4.78 is 3.21. The van der Waals surface area contributed by atoms with Gasteiger partial charge in [-0.15, -0.1) is 0 Å². The monoisotopic (exact) mass is 579 g/mol. The number of amides is 1. The zero-order valence-corrected chi connectivity index (χ0v) is 24.3. The summed E-state index contributed by atoms with van der Waals surface area (Å²) in [6, 6.07) is 18.8. The first-order chi connectivity index (χ1) is 20.6. The molecule has 1 atom stereocenters. The van der Waals surface area contributed by atoms with Crippen molar-refractivity contribution in [2.75, 3.05) is 24.5 Å². The Balaban J connectivity index is 1.53. The molecule has 1 unspecified atom stereocenters. The van der Waals surface area contributed by atoms with Crippen molar-refractivity contribution in [3.05, 3.63) is 95.2 Å². The van der Waals surface area contributed by atoms with Gasteiger partial charge in [-0.1, -0.05) is 36.4 Å². The first-order valence-electron chi connectivity index (χ1n) is 14.1. The molecule has 11 heteroatoms. The van der Waals surface area contributed by atoms with Crippen molar-refractivity contribution in [3.8, 4) is 22.5 Å². The number of fused-ring (bicyclic) bond motifs is 1. The number of aliphatic hydroxyl groups is 1. The minimum atomic E-state index is -0.954. The van der Waals surface area contributed by atoms with Crippen LogP contribution in [-0.2, 0) is 13.6 Å². The number of rotatable bonds is 6. The summed E-state index contributed by atoms with van der Waals surface area (Å²) in [6.07, 6.45) is 4.35. The lowest BCUT2D eigenvalue weighted by Crippen LogP contribution is -2.50. The van der Waals surface area contributed by atoms with Gasteiger partial charge in [-0.2, -0.15) is 5.10 Å². The molecule has 4 heterocycles. The van der Waals surface area contributed by atoms with E-state index in [1.807, 2.05) is 54.7 Å². The van der Waals surface area contributed by atoms with Crippen molar-refractivity contribution >= 4 is 22.8 Å². The molecule has 1 amide bonds. The Kier molecular flexibility index (Phi) is 7.18. The molecular formula is C32H33N7O4. The van der Waals surface area contributed by atoms with Crippen molar-refractivity contribution in [1.29, 1.82) is 0 Å². The number of carbonyl (C=O) groups is 1. The van der Waals surface area contributed by atoms with Gasteiger partial charge in [-0.3, -0.25) is 9.48 Å². The Bertz CT molecular complexity index is 1860. The van der Waals surface area contributed by atoms with E-state index in [1.54, 1.807) is 54.7 Å². The first kappa shape index (κ1) is 28.1. The van der Waals surface area contributed by atoms with Crippen molar-refractivity contribution in [2.45, 2.75) is 32.0 Å². The Morgan fingerprint density at radius 1 is 0.977 bits per heavy atom. The van der Waals surface area contributed by atoms with E-state index in [4.69, 9.17) is 9.97 Å². The molecule has 1 aliphatic rings. The highest BCUT2D eigenvalue weighted by Crippen LogP contribution is 2.37. The number of piperazine rings is 1. The molecule has 2 N–H and O–H groups in total. The maximum Gasteiger partial charge on any atom is 0.407 e. The summed E-state index contributed by atoms with van der Waals surface area (Å²) in [5, 5.41) is 25.4. The molecule has 0 aliphatic carbocycles. The van der Waals surface area contributed by atoms with Gasteiger partial charge < -0.3 is 24.6 Å². The number of aryl methyl sites for hydroxylation is 1. The third kappa shape index (κ3) is 5.84. The van der Waals surface area contributed by atoms with Gasteiger partial charge in [0.25, 0.3) is 0 Å². The lowest BCUT2D eigenvalue weighted by molar-refractivity contribution is 0.0577. The van der Waals surface area contributed by atoms with E-state index in [0.29, 0.717) is 36.8 Å². The molecular weight excluding hydrogens is 546 g/mol. The predicted molar refractivity (Wildman–Crippen MR) is 164 cm³/mol. The maximum atomic E-state index is 12.0. The van der Waals surface area contributed by atoms with Gasteiger partial charge in [0.1, 0.15) is 5.82 Å². The van der Waals surface area contributed by atoms with Crippen LogP contribution in [0.3, 0.4) is 0 Å². The van der Waals surface area contributed by atoms with E-state index in [0.717, 1.165) is 27.6 Å². The predicted octanol–water partition coefficient (Wildman–Crippen LogP) is 4.17. The number of benzene rings is 2. The number of hydrogen-bond acceptors (Lipinski definition) is 7. The fourth-order valence-corrected chi connectivity index (χ4v) is 5.54. The zero-order valence-electron chi connectivity index (χ0n) is 24.3. The fraction of sp³-hybridized carbons (Fsp3) is 0.281. The van der Waals surface area contributed by atoms with Gasteiger partial charge in [0.2, 0.25) is 5.56 Å². The minimum Gasteiger partial charge on any atom is -0.465 e. The maximum absolute atomic E-state index is 12.0. The highest BCUT2D eigenvalue weighted by molar-refractivity contribution is 5.94. The topological polar surface area (TPSA) is 130 Å². The van der Waals surface area contributed by atoms with Crippen molar-refractivity contribution in [1.82, 2.24) is 29.2 Å². The van der Waals surface area contributed by atoms with E-state index in [1.165, 1.54) is 4.90 Å². The van der Waals surface area contributed by atoms with Gasteiger partial charge in [-0.25, -0.2) is 14.8 Å². The highest BCUT2D eigenvalue weighted by Gasteiger charge is 2.33. The van der Waals surface area contributed by atoms with Crippen molar-refractivity contribution in [2.24, 2.45) is 7.05 Å².